The number of hydrogen-bond acceptors (Lipinski definition) is 2. The minimum atomic E-state index is -0.0826. The fourth-order valence-electron chi connectivity index (χ4n) is 2.36. The van der Waals surface area contributed by atoms with E-state index in [2.05, 4.69) is 25.7 Å². The van der Waals surface area contributed by atoms with E-state index in [1.165, 1.54) is 0 Å². The molecule has 0 saturated carbocycles. The van der Waals surface area contributed by atoms with Crippen molar-refractivity contribution in [2.45, 2.75) is 49.3 Å². The zero-order valence-corrected chi connectivity index (χ0v) is 12.3. The third-order valence-corrected chi connectivity index (χ3v) is 4.91. The molecule has 0 bridgehead atoms. The molecule has 3 heteroatoms. The number of hydrogen-bond donors (Lipinski definition) is 0. The Morgan fingerprint density at radius 3 is 2.33 bits per heavy atom. The second-order valence-corrected chi connectivity index (χ2v) is 7.25. The Kier molecular flexibility index (Phi) is 4.33. The number of piperidine rings is 1. The van der Waals surface area contributed by atoms with Crippen LogP contribution >= 0.6 is 11.8 Å². The summed E-state index contributed by atoms with van der Waals surface area (Å²) in [5.74, 6) is -0.0826. The monoisotopic (exact) mass is 267 g/mol. The smallest absolute Gasteiger partial charge is 0.136 e. The van der Waals surface area contributed by atoms with Gasteiger partial charge in [0.1, 0.15) is 5.82 Å². The van der Waals surface area contributed by atoms with Gasteiger partial charge in [-0.15, -0.1) is 11.8 Å². The molecule has 0 spiro atoms. The highest BCUT2D eigenvalue weighted by atomic mass is 32.2. The Morgan fingerprint density at radius 2 is 1.78 bits per heavy atom. The van der Waals surface area contributed by atoms with Gasteiger partial charge in [-0.1, -0.05) is 12.1 Å². The predicted octanol–water partition coefficient (Wildman–Crippen LogP) is 4.18. The molecule has 1 aromatic carbocycles. The van der Waals surface area contributed by atoms with Gasteiger partial charge in [0.05, 0.1) is 0 Å². The lowest BCUT2D eigenvalue weighted by atomic mass is 10.0. The third-order valence-electron chi connectivity index (χ3n) is 3.52. The van der Waals surface area contributed by atoms with Crippen molar-refractivity contribution in [3.8, 4) is 0 Å². The van der Waals surface area contributed by atoms with Crippen LogP contribution in [-0.4, -0.2) is 28.8 Å². The number of halogens is 1. The van der Waals surface area contributed by atoms with Crippen molar-refractivity contribution in [1.29, 1.82) is 0 Å². The molecular weight excluding hydrogens is 245 g/mol. The lowest BCUT2D eigenvalue weighted by Gasteiger charge is -2.40. The SMILES string of the molecule is CC(C)(C)N1CCC(Sc2ccccc2F)CC1. The first kappa shape index (κ1) is 13.9. The van der Waals surface area contributed by atoms with Gasteiger partial charge in [-0.25, -0.2) is 4.39 Å². The molecule has 0 unspecified atom stereocenters. The second kappa shape index (κ2) is 5.62. The van der Waals surface area contributed by atoms with E-state index >= 15 is 0 Å². The summed E-state index contributed by atoms with van der Waals surface area (Å²) in [6.07, 6.45) is 2.30. The van der Waals surface area contributed by atoms with E-state index in [-0.39, 0.29) is 11.4 Å². The first-order valence-corrected chi connectivity index (χ1v) is 7.51. The first-order valence-electron chi connectivity index (χ1n) is 6.63. The Morgan fingerprint density at radius 1 is 1.17 bits per heavy atom. The standard InChI is InChI=1S/C15H22FNS/c1-15(2,3)17-10-8-12(9-11-17)18-14-7-5-4-6-13(14)16/h4-7,12H,8-11H2,1-3H3. The lowest BCUT2D eigenvalue weighted by molar-refractivity contribution is 0.113. The van der Waals surface area contributed by atoms with Gasteiger partial charge in [-0.3, -0.25) is 4.90 Å². The molecule has 1 aliphatic rings. The van der Waals surface area contributed by atoms with E-state index in [4.69, 9.17) is 0 Å². The highest BCUT2D eigenvalue weighted by Crippen LogP contribution is 2.33. The molecule has 18 heavy (non-hydrogen) atoms. The molecule has 0 amide bonds. The van der Waals surface area contributed by atoms with E-state index in [9.17, 15) is 4.39 Å². The number of rotatable bonds is 2. The lowest BCUT2D eigenvalue weighted by Crippen LogP contribution is -2.46. The predicted molar refractivity (Wildman–Crippen MR) is 76.6 cm³/mol. The van der Waals surface area contributed by atoms with Crippen LogP contribution in [0.4, 0.5) is 4.39 Å². The number of nitrogens with zero attached hydrogens (tertiary/aromatic N) is 1. The van der Waals surface area contributed by atoms with Crippen LogP contribution in [0.25, 0.3) is 0 Å². The van der Waals surface area contributed by atoms with Crippen LogP contribution in [0.15, 0.2) is 29.2 Å². The molecular formula is C15H22FNS. The van der Waals surface area contributed by atoms with Gasteiger partial charge in [-0.05, 0) is 58.8 Å². The van der Waals surface area contributed by atoms with E-state index in [1.54, 1.807) is 23.9 Å². The third kappa shape index (κ3) is 3.48. The fraction of sp³-hybridized carbons (Fsp3) is 0.600. The zero-order valence-electron chi connectivity index (χ0n) is 11.4. The van der Waals surface area contributed by atoms with Crippen LogP contribution in [0.2, 0.25) is 0 Å². The largest absolute Gasteiger partial charge is 0.298 e. The molecule has 1 aliphatic heterocycles. The van der Waals surface area contributed by atoms with Gasteiger partial charge >= 0.3 is 0 Å². The van der Waals surface area contributed by atoms with Crippen LogP contribution in [0.5, 0.6) is 0 Å². The number of likely N-dealkylation sites (tertiary alicyclic amines) is 1. The van der Waals surface area contributed by atoms with Crippen molar-refractivity contribution in [3.05, 3.63) is 30.1 Å². The van der Waals surface area contributed by atoms with E-state index < -0.39 is 0 Å². The topological polar surface area (TPSA) is 3.24 Å². The van der Waals surface area contributed by atoms with Gasteiger partial charge in [-0.2, -0.15) is 0 Å². The fourth-order valence-corrected chi connectivity index (χ4v) is 3.51. The molecule has 1 saturated heterocycles. The van der Waals surface area contributed by atoms with E-state index in [0.717, 1.165) is 30.8 Å². The second-order valence-electron chi connectivity index (χ2n) is 5.91. The van der Waals surface area contributed by atoms with Crippen LogP contribution in [0.3, 0.4) is 0 Å². The van der Waals surface area contributed by atoms with Gasteiger partial charge in [0.25, 0.3) is 0 Å². The summed E-state index contributed by atoms with van der Waals surface area (Å²) in [5.41, 5.74) is 0.258. The van der Waals surface area contributed by atoms with Gasteiger partial charge in [0.2, 0.25) is 0 Å². The summed E-state index contributed by atoms with van der Waals surface area (Å²) in [6, 6.07) is 7.10. The average molecular weight is 267 g/mol. The maximum absolute atomic E-state index is 13.6. The maximum atomic E-state index is 13.6. The molecule has 2 rings (SSSR count). The van der Waals surface area contributed by atoms with E-state index in [0.29, 0.717) is 5.25 Å². The summed E-state index contributed by atoms with van der Waals surface area (Å²) in [7, 11) is 0. The van der Waals surface area contributed by atoms with Crippen molar-refractivity contribution in [3.63, 3.8) is 0 Å². The summed E-state index contributed by atoms with van der Waals surface area (Å²) >= 11 is 1.70. The normalized spacial score (nSPS) is 19.1. The molecule has 0 aromatic heterocycles. The molecule has 0 aliphatic carbocycles. The van der Waals surface area contributed by atoms with Crippen molar-refractivity contribution in [2.75, 3.05) is 13.1 Å². The van der Waals surface area contributed by atoms with Crippen LogP contribution in [0.1, 0.15) is 33.6 Å². The molecule has 0 radical (unpaired) electrons. The summed E-state index contributed by atoms with van der Waals surface area (Å²) in [5, 5.41) is 0.556. The maximum Gasteiger partial charge on any atom is 0.136 e. The van der Waals surface area contributed by atoms with Gasteiger partial charge in [0, 0.05) is 15.7 Å². The Bertz CT molecular complexity index is 392. The van der Waals surface area contributed by atoms with Gasteiger partial charge < -0.3 is 0 Å². The Labute approximate surface area is 114 Å². The summed E-state index contributed by atoms with van der Waals surface area (Å²) < 4.78 is 13.6. The van der Waals surface area contributed by atoms with Crippen molar-refractivity contribution >= 4 is 11.8 Å². The number of thioether (sulfide) groups is 1. The Balaban J connectivity index is 1.90. The highest BCUT2D eigenvalue weighted by molar-refractivity contribution is 8.00. The van der Waals surface area contributed by atoms with Crippen LogP contribution in [0, 0.1) is 5.82 Å². The quantitative estimate of drug-likeness (QED) is 0.791. The van der Waals surface area contributed by atoms with Crippen molar-refractivity contribution in [1.82, 2.24) is 4.90 Å². The van der Waals surface area contributed by atoms with Gasteiger partial charge in [0.15, 0.2) is 0 Å². The average Bonchev–Trinajstić information content (AvgIpc) is 2.32. The molecule has 1 aromatic rings. The van der Waals surface area contributed by atoms with Crippen LogP contribution < -0.4 is 0 Å². The molecule has 1 nitrogen and oxygen atoms in total. The zero-order chi connectivity index (χ0) is 13.2. The Hall–Kier alpha value is -0.540. The minimum absolute atomic E-state index is 0.0826. The molecule has 1 heterocycles. The summed E-state index contributed by atoms with van der Waals surface area (Å²) in [6.45, 7) is 9.03. The van der Waals surface area contributed by atoms with Crippen molar-refractivity contribution in [2.24, 2.45) is 0 Å². The van der Waals surface area contributed by atoms with E-state index in [1.807, 2.05) is 12.1 Å². The first-order chi connectivity index (χ1) is 8.47. The van der Waals surface area contributed by atoms with Crippen molar-refractivity contribution < 1.29 is 4.39 Å². The number of benzene rings is 1. The molecule has 0 N–H and O–H groups in total. The molecule has 1 fully saturated rings. The summed E-state index contributed by atoms with van der Waals surface area (Å²) in [4.78, 5) is 3.32. The van der Waals surface area contributed by atoms with Crippen LogP contribution in [-0.2, 0) is 0 Å². The minimum Gasteiger partial charge on any atom is -0.298 e. The molecule has 0 atom stereocenters. The highest BCUT2D eigenvalue weighted by Gasteiger charge is 2.27. The molecule has 100 valence electrons.